The molecule has 1 saturated heterocycles. The molecular formula is C15H14F2N4O4S. The number of H-pyrrole nitrogens is 1. The fourth-order valence-electron chi connectivity index (χ4n) is 2.62. The van der Waals surface area contributed by atoms with Gasteiger partial charge in [-0.2, -0.15) is 9.40 Å². The summed E-state index contributed by atoms with van der Waals surface area (Å²) >= 11 is 0. The number of amides is 1. The first-order valence-corrected chi connectivity index (χ1v) is 9.04. The third-order valence-corrected chi connectivity index (χ3v) is 5.89. The van der Waals surface area contributed by atoms with E-state index in [9.17, 15) is 26.8 Å². The molecule has 1 aromatic heterocycles. The first kappa shape index (κ1) is 18.1. The third kappa shape index (κ3) is 3.35. The summed E-state index contributed by atoms with van der Waals surface area (Å²) in [5.74, 6) is -2.81. The summed E-state index contributed by atoms with van der Waals surface area (Å²) in [6, 6.07) is 5.24. The molecule has 0 aliphatic carbocycles. The van der Waals surface area contributed by atoms with Crippen molar-refractivity contribution < 1.29 is 22.0 Å². The van der Waals surface area contributed by atoms with Gasteiger partial charge in [-0.1, -0.05) is 6.07 Å². The summed E-state index contributed by atoms with van der Waals surface area (Å²) in [6.45, 7) is -0.194. The third-order valence-electron chi connectivity index (χ3n) is 3.94. The topological polar surface area (TPSA) is 103 Å². The summed E-state index contributed by atoms with van der Waals surface area (Å²) in [5.41, 5.74) is -0.439. The van der Waals surface area contributed by atoms with Gasteiger partial charge in [-0.05, 0) is 18.2 Å². The van der Waals surface area contributed by atoms with E-state index >= 15 is 0 Å². The van der Waals surface area contributed by atoms with Crippen molar-refractivity contribution in [2.24, 2.45) is 0 Å². The standard InChI is InChI=1S/C15H14F2N4O4S/c16-10-2-1-3-11(17)14(10)26(24,25)21-8-6-20(7-9-21)15(23)12-4-5-13(22)19-18-12/h1-5H,6-9H2,(H,19,22). The van der Waals surface area contributed by atoms with E-state index in [0.29, 0.717) is 0 Å². The number of hydrogen-bond acceptors (Lipinski definition) is 5. The average Bonchev–Trinajstić information content (AvgIpc) is 2.61. The number of aromatic amines is 1. The zero-order valence-corrected chi connectivity index (χ0v) is 14.2. The monoisotopic (exact) mass is 384 g/mol. The fraction of sp³-hybridized carbons (Fsp3) is 0.267. The molecule has 1 aliphatic heterocycles. The molecule has 2 heterocycles. The van der Waals surface area contributed by atoms with Crippen LogP contribution >= 0.6 is 0 Å². The Labute approximate surface area is 147 Å². The SMILES string of the molecule is O=C(c1ccc(=O)[nH]n1)N1CCN(S(=O)(=O)c2c(F)cccc2F)CC1. The summed E-state index contributed by atoms with van der Waals surface area (Å²) in [7, 11) is -4.36. The first-order valence-electron chi connectivity index (χ1n) is 7.60. The van der Waals surface area contributed by atoms with E-state index in [4.69, 9.17) is 0 Å². The molecule has 138 valence electrons. The highest BCUT2D eigenvalue weighted by Crippen LogP contribution is 2.23. The molecule has 1 aromatic carbocycles. The van der Waals surface area contributed by atoms with Gasteiger partial charge < -0.3 is 4.90 Å². The van der Waals surface area contributed by atoms with E-state index in [1.165, 1.54) is 11.0 Å². The average molecular weight is 384 g/mol. The van der Waals surface area contributed by atoms with Crippen molar-refractivity contribution in [2.45, 2.75) is 4.90 Å². The summed E-state index contributed by atoms with van der Waals surface area (Å²) < 4.78 is 53.6. The van der Waals surface area contributed by atoms with Gasteiger partial charge in [0, 0.05) is 32.2 Å². The Morgan fingerprint density at radius 3 is 2.19 bits per heavy atom. The minimum Gasteiger partial charge on any atom is -0.335 e. The van der Waals surface area contributed by atoms with E-state index < -0.39 is 38.0 Å². The Kier molecular flexibility index (Phi) is 4.83. The molecule has 8 nitrogen and oxygen atoms in total. The largest absolute Gasteiger partial charge is 0.335 e. The number of halogens is 2. The van der Waals surface area contributed by atoms with E-state index in [-0.39, 0.29) is 31.9 Å². The quantitative estimate of drug-likeness (QED) is 0.814. The molecule has 11 heteroatoms. The summed E-state index contributed by atoms with van der Waals surface area (Å²) in [4.78, 5) is 23.6. The molecule has 1 aliphatic rings. The van der Waals surface area contributed by atoms with Crippen molar-refractivity contribution in [3.8, 4) is 0 Å². The lowest BCUT2D eigenvalue weighted by Crippen LogP contribution is -2.51. The maximum absolute atomic E-state index is 13.8. The lowest BCUT2D eigenvalue weighted by Gasteiger charge is -2.33. The molecule has 0 radical (unpaired) electrons. The number of aromatic nitrogens is 2. The van der Waals surface area contributed by atoms with E-state index in [0.717, 1.165) is 28.6 Å². The highest BCUT2D eigenvalue weighted by atomic mass is 32.2. The van der Waals surface area contributed by atoms with E-state index in [2.05, 4.69) is 10.2 Å². The zero-order valence-electron chi connectivity index (χ0n) is 13.4. The van der Waals surface area contributed by atoms with Gasteiger partial charge in [0.25, 0.3) is 11.5 Å². The molecule has 0 unspecified atom stereocenters. The van der Waals surface area contributed by atoms with Crippen LogP contribution in [0.2, 0.25) is 0 Å². The molecule has 0 atom stereocenters. The second-order valence-corrected chi connectivity index (χ2v) is 7.43. The lowest BCUT2D eigenvalue weighted by atomic mass is 10.3. The zero-order chi connectivity index (χ0) is 18.9. The van der Waals surface area contributed by atoms with Crippen LogP contribution in [-0.2, 0) is 10.0 Å². The number of piperazine rings is 1. The van der Waals surface area contributed by atoms with Gasteiger partial charge in [0.15, 0.2) is 4.90 Å². The van der Waals surface area contributed by atoms with Crippen molar-refractivity contribution in [1.82, 2.24) is 19.4 Å². The van der Waals surface area contributed by atoms with Crippen LogP contribution in [0.4, 0.5) is 8.78 Å². The number of sulfonamides is 1. The molecule has 1 amide bonds. The van der Waals surface area contributed by atoms with E-state index in [1.54, 1.807) is 0 Å². The number of hydrogen-bond donors (Lipinski definition) is 1. The highest BCUT2D eigenvalue weighted by molar-refractivity contribution is 7.89. The highest BCUT2D eigenvalue weighted by Gasteiger charge is 2.34. The van der Waals surface area contributed by atoms with Crippen molar-refractivity contribution in [1.29, 1.82) is 0 Å². The molecule has 26 heavy (non-hydrogen) atoms. The van der Waals surface area contributed by atoms with Gasteiger partial charge in [0.2, 0.25) is 10.0 Å². The number of rotatable bonds is 3. The predicted molar refractivity (Wildman–Crippen MR) is 85.9 cm³/mol. The molecule has 3 rings (SSSR count). The maximum Gasteiger partial charge on any atom is 0.274 e. The fourth-order valence-corrected chi connectivity index (χ4v) is 4.15. The lowest BCUT2D eigenvalue weighted by molar-refractivity contribution is 0.0690. The Morgan fingerprint density at radius 1 is 1.04 bits per heavy atom. The van der Waals surface area contributed by atoms with Crippen LogP contribution in [0.15, 0.2) is 40.0 Å². The van der Waals surface area contributed by atoms with Crippen LogP contribution in [0.3, 0.4) is 0 Å². The summed E-state index contributed by atoms with van der Waals surface area (Å²) in [5, 5.41) is 5.78. The molecule has 2 aromatic rings. The second kappa shape index (κ2) is 6.92. The number of nitrogens with zero attached hydrogens (tertiary/aromatic N) is 3. The van der Waals surface area contributed by atoms with Gasteiger partial charge >= 0.3 is 0 Å². The Balaban J connectivity index is 1.75. The van der Waals surface area contributed by atoms with Crippen LogP contribution in [0.25, 0.3) is 0 Å². The normalized spacial score (nSPS) is 15.8. The second-order valence-electron chi connectivity index (χ2n) is 5.55. The molecule has 1 N–H and O–H groups in total. The Hall–Kier alpha value is -2.66. The minimum atomic E-state index is -4.36. The molecule has 0 spiro atoms. The molecule has 0 saturated carbocycles. The molecule has 1 fully saturated rings. The van der Waals surface area contributed by atoms with E-state index in [1.807, 2.05) is 0 Å². The van der Waals surface area contributed by atoms with Gasteiger partial charge in [0.1, 0.15) is 17.3 Å². The van der Waals surface area contributed by atoms with Gasteiger partial charge in [-0.25, -0.2) is 22.3 Å². The van der Waals surface area contributed by atoms with Crippen LogP contribution in [-0.4, -0.2) is 59.9 Å². The van der Waals surface area contributed by atoms with Crippen LogP contribution in [0.1, 0.15) is 10.5 Å². The van der Waals surface area contributed by atoms with Crippen molar-refractivity contribution in [3.63, 3.8) is 0 Å². The van der Waals surface area contributed by atoms with Crippen LogP contribution in [0.5, 0.6) is 0 Å². The maximum atomic E-state index is 13.8. The first-order chi connectivity index (χ1) is 12.3. The predicted octanol–water partition coefficient (Wildman–Crippen LogP) is 0.195. The Morgan fingerprint density at radius 2 is 1.65 bits per heavy atom. The minimum absolute atomic E-state index is 0.0149. The number of benzene rings is 1. The number of nitrogens with one attached hydrogen (secondary N) is 1. The van der Waals surface area contributed by atoms with Gasteiger partial charge in [-0.15, -0.1) is 0 Å². The summed E-state index contributed by atoms with van der Waals surface area (Å²) in [6.07, 6.45) is 0. The number of carbonyl (C=O) groups is 1. The smallest absolute Gasteiger partial charge is 0.274 e. The van der Waals surface area contributed by atoms with Crippen molar-refractivity contribution >= 4 is 15.9 Å². The van der Waals surface area contributed by atoms with Crippen molar-refractivity contribution in [3.05, 3.63) is 58.0 Å². The molecule has 0 bridgehead atoms. The van der Waals surface area contributed by atoms with Gasteiger partial charge in [-0.3, -0.25) is 9.59 Å². The van der Waals surface area contributed by atoms with Crippen molar-refractivity contribution in [2.75, 3.05) is 26.2 Å². The molecular weight excluding hydrogens is 370 g/mol. The Bertz CT molecular complexity index is 960. The van der Waals surface area contributed by atoms with Crippen LogP contribution < -0.4 is 5.56 Å². The van der Waals surface area contributed by atoms with Gasteiger partial charge in [0.05, 0.1) is 0 Å². The van der Waals surface area contributed by atoms with Crippen LogP contribution in [0, 0.1) is 11.6 Å². The number of carbonyl (C=O) groups excluding carboxylic acids is 1.